The van der Waals surface area contributed by atoms with Crippen molar-refractivity contribution in [3.8, 4) is 0 Å². The van der Waals surface area contributed by atoms with Crippen LogP contribution in [0.3, 0.4) is 0 Å². The Labute approximate surface area is 120 Å². The number of carbonyl (C=O) groups excluding carboxylic acids is 1. The molecular weight excluding hydrogens is 248 g/mol. The zero-order valence-corrected chi connectivity index (χ0v) is 12.2. The predicted molar refractivity (Wildman–Crippen MR) is 80.4 cm³/mol. The van der Waals surface area contributed by atoms with Crippen molar-refractivity contribution in [2.75, 3.05) is 0 Å². The van der Waals surface area contributed by atoms with Gasteiger partial charge >= 0.3 is 0 Å². The summed E-state index contributed by atoms with van der Waals surface area (Å²) in [5, 5.41) is 0. The Morgan fingerprint density at radius 1 is 1.20 bits per heavy atom. The zero-order chi connectivity index (χ0) is 14.5. The molecule has 20 heavy (non-hydrogen) atoms. The maximum atomic E-state index is 12.6. The number of pyridine rings is 1. The van der Waals surface area contributed by atoms with Crippen molar-refractivity contribution in [3.63, 3.8) is 0 Å². The number of hydrogen-bond donors (Lipinski definition) is 0. The van der Waals surface area contributed by atoms with E-state index in [0.29, 0.717) is 12.1 Å². The highest BCUT2D eigenvalue weighted by Crippen LogP contribution is 2.13. The highest BCUT2D eigenvalue weighted by Gasteiger charge is 2.19. The normalized spacial score (nSPS) is 10.6. The lowest BCUT2D eigenvalue weighted by atomic mass is 10.1. The first-order valence-corrected chi connectivity index (χ1v) is 6.85. The molecule has 0 aliphatic rings. The van der Waals surface area contributed by atoms with Crippen LogP contribution in [-0.4, -0.2) is 21.8 Å². The van der Waals surface area contributed by atoms with Gasteiger partial charge in [-0.05, 0) is 38.5 Å². The van der Waals surface area contributed by atoms with Crippen LogP contribution in [0.5, 0.6) is 0 Å². The van der Waals surface area contributed by atoms with E-state index in [-0.39, 0.29) is 11.9 Å². The summed E-state index contributed by atoms with van der Waals surface area (Å²) >= 11 is 0. The molecular formula is C17H20N2O. The number of carbonyl (C=O) groups is 1. The minimum Gasteiger partial charge on any atom is -0.332 e. The molecule has 0 radical (unpaired) electrons. The van der Waals surface area contributed by atoms with Crippen LogP contribution in [-0.2, 0) is 6.54 Å². The number of aryl methyl sites for hydroxylation is 1. The largest absolute Gasteiger partial charge is 0.332 e. The molecule has 2 aromatic rings. The molecule has 104 valence electrons. The van der Waals surface area contributed by atoms with E-state index in [2.05, 4.69) is 4.98 Å². The Kier molecular flexibility index (Phi) is 4.51. The molecule has 0 fully saturated rings. The molecule has 3 heteroatoms. The predicted octanol–water partition coefficient (Wildman–Crippen LogP) is 3.44. The number of amides is 1. The number of rotatable bonds is 4. The van der Waals surface area contributed by atoms with E-state index >= 15 is 0 Å². The van der Waals surface area contributed by atoms with Gasteiger partial charge < -0.3 is 4.90 Å². The molecule has 0 spiro atoms. The number of benzene rings is 1. The molecule has 1 aromatic heterocycles. The van der Waals surface area contributed by atoms with Crippen LogP contribution in [0.15, 0.2) is 48.7 Å². The van der Waals surface area contributed by atoms with Crippen LogP contribution < -0.4 is 0 Å². The molecule has 0 bridgehead atoms. The van der Waals surface area contributed by atoms with E-state index in [1.54, 1.807) is 12.3 Å². The molecule has 0 unspecified atom stereocenters. The lowest BCUT2D eigenvalue weighted by Crippen LogP contribution is -2.36. The van der Waals surface area contributed by atoms with E-state index in [1.165, 1.54) is 0 Å². The van der Waals surface area contributed by atoms with Crippen molar-refractivity contribution in [1.29, 1.82) is 0 Å². The maximum Gasteiger partial charge on any atom is 0.254 e. The van der Waals surface area contributed by atoms with Crippen LogP contribution in [0.2, 0.25) is 0 Å². The lowest BCUT2D eigenvalue weighted by molar-refractivity contribution is 0.0690. The summed E-state index contributed by atoms with van der Waals surface area (Å²) < 4.78 is 0. The van der Waals surface area contributed by atoms with Crippen molar-refractivity contribution in [3.05, 3.63) is 65.5 Å². The van der Waals surface area contributed by atoms with Gasteiger partial charge in [0.05, 0.1) is 0 Å². The van der Waals surface area contributed by atoms with Gasteiger partial charge in [0.15, 0.2) is 0 Å². The topological polar surface area (TPSA) is 33.2 Å². The molecule has 0 N–H and O–H groups in total. The SMILES string of the molecule is Cc1cc(C(=O)N(Cc2ccccc2)C(C)C)ccn1. The van der Waals surface area contributed by atoms with Crippen LogP contribution in [0.25, 0.3) is 0 Å². The summed E-state index contributed by atoms with van der Waals surface area (Å²) in [6.45, 7) is 6.59. The van der Waals surface area contributed by atoms with Gasteiger partial charge in [-0.1, -0.05) is 30.3 Å². The van der Waals surface area contributed by atoms with Gasteiger partial charge in [0.1, 0.15) is 0 Å². The summed E-state index contributed by atoms with van der Waals surface area (Å²) in [4.78, 5) is 18.7. The van der Waals surface area contributed by atoms with Gasteiger partial charge in [0.25, 0.3) is 5.91 Å². The second-order valence-corrected chi connectivity index (χ2v) is 5.20. The van der Waals surface area contributed by atoms with Gasteiger partial charge in [-0.2, -0.15) is 0 Å². The Morgan fingerprint density at radius 2 is 1.90 bits per heavy atom. The number of hydrogen-bond acceptors (Lipinski definition) is 2. The van der Waals surface area contributed by atoms with E-state index < -0.39 is 0 Å². The lowest BCUT2D eigenvalue weighted by Gasteiger charge is -2.27. The molecule has 1 amide bonds. The third-order valence-electron chi connectivity index (χ3n) is 3.22. The summed E-state index contributed by atoms with van der Waals surface area (Å²) in [7, 11) is 0. The van der Waals surface area contributed by atoms with Gasteiger partial charge in [0, 0.05) is 30.0 Å². The van der Waals surface area contributed by atoms with E-state index in [0.717, 1.165) is 11.3 Å². The van der Waals surface area contributed by atoms with Gasteiger partial charge in [0.2, 0.25) is 0 Å². The fourth-order valence-corrected chi connectivity index (χ4v) is 2.11. The van der Waals surface area contributed by atoms with Crippen molar-refractivity contribution >= 4 is 5.91 Å². The minimum atomic E-state index is 0.0503. The van der Waals surface area contributed by atoms with Crippen LogP contribution >= 0.6 is 0 Å². The Balaban J connectivity index is 2.23. The minimum absolute atomic E-state index is 0.0503. The summed E-state index contributed by atoms with van der Waals surface area (Å²) in [5.74, 6) is 0.0503. The van der Waals surface area contributed by atoms with E-state index in [1.807, 2.05) is 62.1 Å². The smallest absolute Gasteiger partial charge is 0.254 e. The zero-order valence-electron chi connectivity index (χ0n) is 12.2. The van der Waals surface area contributed by atoms with E-state index in [4.69, 9.17) is 0 Å². The third-order valence-corrected chi connectivity index (χ3v) is 3.22. The standard InChI is InChI=1S/C17H20N2O/c1-13(2)19(12-15-7-5-4-6-8-15)17(20)16-9-10-18-14(3)11-16/h4-11,13H,12H2,1-3H3. The second-order valence-electron chi connectivity index (χ2n) is 5.20. The number of aromatic nitrogens is 1. The Morgan fingerprint density at radius 3 is 2.50 bits per heavy atom. The van der Waals surface area contributed by atoms with Crippen molar-refractivity contribution in [2.45, 2.75) is 33.4 Å². The van der Waals surface area contributed by atoms with Crippen LogP contribution in [0.1, 0.15) is 35.5 Å². The number of nitrogens with zero attached hydrogens (tertiary/aromatic N) is 2. The van der Waals surface area contributed by atoms with Gasteiger partial charge in [-0.3, -0.25) is 9.78 Å². The summed E-state index contributed by atoms with van der Waals surface area (Å²) in [5.41, 5.74) is 2.70. The average Bonchev–Trinajstić information content (AvgIpc) is 2.45. The van der Waals surface area contributed by atoms with Crippen molar-refractivity contribution in [1.82, 2.24) is 9.88 Å². The first-order chi connectivity index (χ1) is 9.58. The fraction of sp³-hybridized carbons (Fsp3) is 0.294. The molecule has 0 saturated heterocycles. The second kappa shape index (κ2) is 6.33. The maximum absolute atomic E-state index is 12.6. The highest BCUT2D eigenvalue weighted by atomic mass is 16.2. The van der Waals surface area contributed by atoms with Gasteiger partial charge in [-0.15, -0.1) is 0 Å². The molecule has 0 saturated carbocycles. The molecule has 0 aliphatic carbocycles. The molecule has 1 heterocycles. The Bertz CT molecular complexity index is 579. The quantitative estimate of drug-likeness (QED) is 0.851. The fourth-order valence-electron chi connectivity index (χ4n) is 2.11. The molecule has 0 aliphatic heterocycles. The molecule has 1 aromatic carbocycles. The first-order valence-electron chi connectivity index (χ1n) is 6.85. The monoisotopic (exact) mass is 268 g/mol. The van der Waals surface area contributed by atoms with Crippen LogP contribution in [0, 0.1) is 6.92 Å². The van der Waals surface area contributed by atoms with Crippen molar-refractivity contribution in [2.24, 2.45) is 0 Å². The first kappa shape index (κ1) is 14.3. The summed E-state index contributed by atoms with van der Waals surface area (Å²) in [6.07, 6.45) is 1.68. The highest BCUT2D eigenvalue weighted by molar-refractivity contribution is 5.94. The Hall–Kier alpha value is -2.16. The molecule has 3 nitrogen and oxygen atoms in total. The molecule has 2 rings (SSSR count). The summed E-state index contributed by atoms with van der Waals surface area (Å²) in [6, 6.07) is 13.8. The molecule has 0 atom stereocenters. The van der Waals surface area contributed by atoms with Gasteiger partial charge in [-0.25, -0.2) is 0 Å². The van der Waals surface area contributed by atoms with Crippen LogP contribution in [0.4, 0.5) is 0 Å². The third kappa shape index (κ3) is 3.44. The average molecular weight is 268 g/mol. The van der Waals surface area contributed by atoms with Crippen molar-refractivity contribution < 1.29 is 4.79 Å². The van der Waals surface area contributed by atoms with E-state index in [9.17, 15) is 4.79 Å².